The zero-order chi connectivity index (χ0) is 10.7. The summed E-state index contributed by atoms with van der Waals surface area (Å²) >= 11 is 3.49. The molecule has 1 heterocycles. The summed E-state index contributed by atoms with van der Waals surface area (Å²) in [5.74, 6) is 0. The van der Waals surface area contributed by atoms with Crippen molar-refractivity contribution in [1.29, 1.82) is 0 Å². The monoisotopic (exact) mass is 269 g/mol. The summed E-state index contributed by atoms with van der Waals surface area (Å²) in [5.41, 5.74) is 1.32. The second kappa shape index (κ2) is 5.10. The quantitative estimate of drug-likeness (QED) is 0.831. The number of aliphatic hydroxyl groups excluding tert-OH is 1. The summed E-state index contributed by atoms with van der Waals surface area (Å²) in [7, 11) is 0. The van der Waals surface area contributed by atoms with E-state index in [0.717, 1.165) is 26.1 Å². The fourth-order valence-electron chi connectivity index (χ4n) is 1.95. The lowest BCUT2D eigenvalue weighted by Gasteiger charge is -2.33. The topological polar surface area (TPSA) is 23.5 Å². The molecule has 82 valence electrons. The van der Waals surface area contributed by atoms with E-state index in [2.05, 4.69) is 45.1 Å². The molecule has 2 nitrogen and oxygen atoms in total. The van der Waals surface area contributed by atoms with Crippen LogP contribution in [0, 0.1) is 0 Å². The van der Waals surface area contributed by atoms with Gasteiger partial charge >= 0.3 is 0 Å². The lowest BCUT2D eigenvalue weighted by Crippen LogP contribution is -2.43. The van der Waals surface area contributed by atoms with Crippen LogP contribution in [0.15, 0.2) is 30.3 Å². The SMILES string of the molecule is OC1CN(Cc2ccccc2)CCC1Br. The number of piperidine rings is 1. The van der Waals surface area contributed by atoms with Gasteiger partial charge in [0.1, 0.15) is 0 Å². The standard InChI is InChI=1S/C12H16BrNO/c13-11-6-7-14(9-12(11)15)8-10-4-2-1-3-5-10/h1-5,11-12,15H,6-9H2. The predicted octanol–water partition coefficient (Wildman–Crippen LogP) is 2.02. The molecule has 0 radical (unpaired) electrons. The Balaban J connectivity index is 1.91. The first-order valence-electron chi connectivity index (χ1n) is 5.34. The van der Waals surface area contributed by atoms with Crippen molar-refractivity contribution in [2.45, 2.75) is 23.9 Å². The van der Waals surface area contributed by atoms with E-state index < -0.39 is 0 Å². The number of aliphatic hydroxyl groups is 1. The molecule has 0 spiro atoms. The summed E-state index contributed by atoms with van der Waals surface area (Å²) in [6.45, 7) is 2.77. The fourth-order valence-corrected chi connectivity index (χ4v) is 2.33. The van der Waals surface area contributed by atoms with Crippen molar-refractivity contribution >= 4 is 15.9 Å². The van der Waals surface area contributed by atoms with Gasteiger partial charge in [0.2, 0.25) is 0 Å². The van der Waals surface area contributed by atoms with Crippen LogP contribution in [-0.4, -0.2) is 34.0 Å². The summed E-state index contributed by atoms with van der Waals surface area (Å²) in [5, 5.41) is 9.74. The molecule has 1 aromatic carbocycles. The Labute approximate surface area is 99.0 Å². The predicted molar refractivity (Wildman–Crippen MR) is 65.1 cm³/mol. The van der Waals surface area contributed by atoms with Crippen molar-refractivity contribution < 1.29 is 5.11 Å². The first kappa shape index (κ1) is 11.1. The normalized spacial score (nSPS) is 27.9. The molecule has 0 aliphatic carbocycles. The van der Waals surface area contributed by atoms with Gasteiger partial charge in [-0.3, -0.25) is 4.90 Å². The first-order valence-corrected chi connectivity index (χ1v) is 6.25. The van der Waals surface area contributed by atoms with Crippen molar-refractivity contribution in [2.24, 2.45) is 0 Å². The van der Waals surface area contributed by atoms with Crippen molar-refractivity contribution in [2.75, 3.05) is 13.1 Å². The van der Waals surface area contributed by atoms with Crippen LogP contribution in [0.5, 0.6) is 0 Å². The Morgan fingerprint density at radius 2 is 2.07 bits per heavy atom. The summed E-state index contributed by atoms with van der Waals surface area (Å²) in [6, 6.07) is 10.4. The lowest BCUT2D eigenvalue weighted by atomic mass is 10.1. The van der Waals surface area contributed by atoms with Crippen LogP contribution in [0.25, 0.3) is 0 Å². The van der Waals surface area contributed by atoms with Gasteiger partial charge in [0.15, 0.2) is 0 Å². The summed E-state index contributed by atoms with van der Waals surface area (Å²) < 4.78 is 0. The molecule has 0 aromatic heterocycles. The second-order valence-electron chi connectivity index (χ2n) is 4.09. The number of rotatable bonds is 2. The second-order valence-corrected chi connectivity index (χ2v) is 5.27. The Morgan fingerprint density at radius 1 is 1.33 bits per heavy atom. The van der Waals surface area contributed by atoms with Gasteiger partial charge in [0.25, 0.3) is 0 Å². The minimum atomic E-state index is -0.234. The average Bonchev–Trinajstić information content (AvgIpc) is 2.25. The van der Waals surface area contributed by atoms with Crippen LogP contribution < -0.4 is 0 Å². The summed E-state index contributed by atoms with van der Waals surface area (Å²) in [4.78, 5) is 2.57. The van der Waals surface area contributed by atoms with Gasteiger partial charge in [-0.1, -0.05) is 46.3 Å². The highest BCUT2D eigenvalue weighted by molar-refractivity contribution is 9.09. The zero-order valence-electron chi connectivity index (χ0n) is 8.64. The third-order valence-corrected chi connectivity index (χ3v) is 3.90. The van der Waals surface area contributed by atoms with Gasteiger partial charge < -0.3 is 5.11 Å². The molecule has 1 aliphatic rings. The van der Waals surface area contributed by atoms with Crippen molar-refractivity contribution in [1.82, 2.24) is 4.90 Å². The summed E-state index contributed by atoms with van der Waals surface area (Å²) in [6.07, 6.45) is 0.788. The van der Waals surface area contributed by atoms with E-state index in [-0.39, 0.29) is 10.9 Å². The number of nitrogens with zero attached hydrogens (tertiary/aromatic N) is 1. The van der Waals surface area contributed by atoms with Crippen LogP contribution >= 0.6 is 15.9 Å². The highest BCUT2D eigenvalue weighted by Crippen LogP contribution is 2.19. The van der Waals surface area contributed by atoms with E-state index in [1.807, 2.05) is 6.07 Å². The molecule has 15 heavy (non-hydrogen) atoms. The molecule has 1 fully saturated rings. The van der Waals surface area contributed by atoms with E-state index >= 15 is 0 Å². The van der Waals surface area contributed by atoms with Gasteiger partial charge in [-0.05, 0) is 18.5 Å². The Morgan fingerprint density at radius 3 is 2.73 bits per heavy atom. The van der Waals surface area contributed by atoms with Crippen molar-refractivity contribution in [3.8, 4) is 0 Å². The molecule has 1 aromatic rings. The lowest BCUT2D eigenvalue weighted by molar-refractivity contribution is 0.0741. The fraction of sp³-hybridized carbons (Fsp3) is 0.500. The number of halogens is 1. The van der Waals surface area contributed by atoms with E-state index in [4.69, 9.17) is 0 Å². The molecule has 2 atom stereocenters. The van der Waals surface area contributed by atoms with Gasteiger partial charge in [-0.25, -0.2) is 0 Å². The smallest absolute Gasteiger partial charge is 0.0792 e. The van der Waals surface area contributed by atoms with E-state index in [1.54, 1.807) is 0 Å². The van der Waals surface area contributed by atoms with Crippen LogP contribution in [0.4, 0.5) is 0 Å². The third kappa shape index (κ3) is 3.03. The van der Waals surface area contributed by atoms with Gasteiger partial charge in [0.05, 0.1) is 6.10 Å². The maximum Gasteiger partial charge on any atom is 0.0792 e. The van der Waals surface area contributed by atoms with Gasteiger partial charge in [-0.15, -0.1) is 0 Å². The number of benzene rings is 1. The molecule has 3 heteroatoms. The number of hydrogen-bond acceptors (Lipinski definition) is 2. The van der Waals surface area contributed by atoms with Gasteiger partial charge in [-0.2, -0.15) is 0 Å². The van der Waals surface area contributed by atoms with Crippen LogP contribution in [0.2, 0.25) is 0 Å². The minimum absolute atomic E-state index is 0.234. The van der Waals surface area contributed by atoms with Gasteiger partial charge in [0, 0.05) is 17.9 Å². The molecule has 2 rings (SSSR count). The molecule has 0 bridgehead atoms. The van der Waals surface area contributed by atoms with Crippen LogP contribution in [0.3, 0.4) is 0 Å². The molecule has 1 N–H and O–H groups in total. The molecule has 1 saturated heterocycles. The van der Waals surface area contributed by atoms with Crippen LogP contribution in [-0.2, 0) is 6.54 Å². The number of hydrogen-bond donors (Lipinski definition) is 1. The van der Waals surface area contributed by atoms with Crippen molar-refractivity contribution in [3.63, 3.8) is 0 Å². The molecular weight excluding hydrogens is 254 g/mol. The maximum absolute atomic E-state index is 9.74. The molecule has 0 saturated carbocycles. The Kier molecular flexibility index (Phi) is 3.78. The largest absolute Gasteiger partial charge is 0.391 e. The minimum Gasteiger partial charge on any atom is -0.391 e. The van der Waals surface area contributed by atoms with E-state index in [0.29, 0.717) is 0 Å². The molecule has 1 aliphatic heterocycles. The van der Waals surface area contributed by atoms with Crippen molar-refractivity contribution in [3.05, 3.63) is 35.9 Å². The number of likely N-dealkylation sites (tertiary alicyclic amines) is 1. The molecule has 2 unspecified atom stereocenters. The molecular formula is C12H16BrNO. The average molecular weight is 270 g/mol. The highest BCUT2D eigenvalue weighted by Gasteiger charge is 2.25. The van der Waals surface area contributed by atoms with Crippen LogP contribution in [0.1, 0.15) is 12.0 Å². The molecule has 0 amide bonds. The van der Waals surface area contributed by atoms with E-state index in [9.17, 15) is 5.11 Å². The third-order valence-electron chi connectivity index (χ3n) is 2.83. The number of alkyl halides is 1. The maximum atomic E-state index is 9.74. The first-order chi connectivity index (χ1) is 7.25. The number of β-amino-alcohol motifs (C(OH)–C–C–N with tert-alkyl or cyclic N) is 1. The highest BCUT2D eigenvalue weighted by atomic mass is 79.9. The Bertz CT molecular complexity index is 304. The Hall–Kier alpha value is -0.380. The zero-order valence-corrected chi connectivity index (χ0v) is 10.2. The van der Waals surface area contributed by atoms with E-state index in [1.165, 1.54) is 5.56 Å².